The molecule has 6 nitrogen and oxygen atoms in total. The number of hydrogen-bond acceptors (Lipinski definition) is 4. The standard InChI is InChI=1S/C13H15F2N3O3/c1-13(6-2-3-7-16-13)12(19)17-11-9(18(20)21)5-4-8(14)10(11)15/h4-5,16H,2-3,6-7H2,1H3,(H,17,19). The minimum absolute atomic E-state index is 0.517. The number of nitro groups is 1. The Kier molecular flexibility index (Phi) is 4.17. The van der Waals surface area contributed by atoms with E-state index >= 15 is 0 Å². The first kappa shape index (κ1) is 15.3. The van der Waals surface area contributed by atoms with Crippen molar-refractivity contribution in [3.63, 3.8) is 0 Å². The predicted molar refractivity (Wildman–Crippen MR) is 71.9 cm³/mol. The normalized spacial score (nSPS) is 21.9. The summed E-state index contributed by atoms with van der Waals surface area (Å²) >= 11 is 0. The zero-order valence-corrected chi connectivity index (χ0v) is 11.4. The molecule has 114 valence electrons. The number of piperidine rings is 1. The van der Waals surface area contributed by atoms with E-state index in [1.165, 1.54) is 0 Å². The number of carbonyl (C=O) groups is 1. The Bertz CT molecular complexity index is 586. The number of halogens is 2. The van der Waals surface area contributed by atoms with Gasteiger partial charge >= 0.3 is 0 Å². The van der Waals surface area contributed by atoms with Gasteiger partial charge in [-0.3, -0.25) is 14.9 Å². The minimum Gasteiger partial charge on any atom is -0.316 e. The molecule has 0 aliphatic carbocycles. The first-order chi connectivity index (χ1) is 9.85. The maximum atomic E-state index is 13.8. The van der Waals surface area contributed by atoms with Crippen molar-refractivity contribution in [3.05, 3.63) is 33.9 Å². The molecule has 1 aromatic carbocycles. The number of nitrogens with one attached hydrogen (secondary N) is 2. The molecule has 0 radical (unpaired) electrons. The highest BCUT2D eigenvalue weighted by Crippen LogP contribution is 2.30. The fourth-order valence-corrected chi connectivity index (χ4v) is 2.31. The van der Waals surface area contributed by atoms with Gasteiger partial charge in [-0.05, 0) is 38.8 Å². The average Bonchev–Trinajstić information content (AvgIpc) is 2.44. The van der Waals surface area contributed by atoms with E-state index in [0.29, 0.717) is 19.0 Å². The SMILES string of the molecule is CC1(C(=O)Nc2c([N+](=O)[O-])ccc(F)c2F)CCCCN1. The molecule has 1 aliphatic rings. The molecular weight excluding hydrogens is 284 g/mol. The van der Waals surface area contributed by atoms with Crippen LogP contribution < -0.4 is 10.6 Å². The number of hydrogen-bond donors (Lipinski definition) is 2. The van der Waals surface area contributed by atoms with E-state index in [4.69, 9.17) is 0 Å². The molecule has 2 N–H and O–H groups in total. The molecule has 1 fully saturated rings. The Morgan fingerprint density at radius 3 is 2.71 bits per heavy atom. The molecule has 1 atom stereocenters. The van der Waals surface area contributed by atoms with Gasteiger partial charge in [0.1, 0.15) is 0 Å². The number of rotatable bonds is 3. The summed E-state index contributed by atoms with van der Waals surface area (Å²) in [6, 6.07) is 1.48. The second-order valence-corrected chi connectivity index (χ2v) is 5.18. The minimum atomic E-state index is -1.43. The Morgan fingerprint density at radius 1 is 1.43 bits per heavy atom. The third kappa shape index (κ3) is 2.99. The summed E-state index contributed by atoms with van der Waals surface area (Å²) in [6.45, 7) is 2.25. The van der Waals surface area contributed by atoms with Gasteiger partial charge in [-0.2, -0.15) is 0 Å². The summed E-state index contributed by atoms with van der Waals surface area (Å²) in [5.41, 5.74) is -2.37. The molecule has 0 aromatic heterocycles. The molecule has 1 saturated heterocycles. The van der Waals surface area contributed by atoms with Crippen LogP contribution >= 0.6 is 0 Å². The highest BCUT2D eigenvalue weighted by molar-refractivity contribution is 5.99. The highest BCUT2D eigenvalue weighted by Gasteiger charge is 2.36. The lowest BCUT2D eigenvalue weighted by Crippen LogP contribution is -2.54. The third-order valence-electron chi connectivity index (χ3n) is 3.63. The molecule has 0 saturated carbocycles. The van der Waals surface area contributed by atoms with Crippen molar-refractivity contribution >= 4 is 17.3 Å². The zero-order valence-electron chi connectivity index (χ0n) is 11.4. The van der Waals surface area contributed by atoms with Gasteiger partial charge < -0.3 is 10.6 Å². The van der Waals surface area contributed by atoms with Gasteiger partial charge in [-0.15, -0.1) is 0 Å². The van der Waals surface area contributed by atoms with Crippen molar-refractivity contribution in [3.8, 4) is 0 Å². The monoisotopic (exact) mass is 299 g/mol. The maximum Gasteiger partial charge on any atom is 0.296 e. The van der Waals surface area contributed by atoms with Crippen LogP contribution in [0.15, 0.2) is 12.1 Å². The van der Waals surface area contributed by atoms with Crippen molar-refractivity contribution in [2.24, 2.45) is 0 Å². The largest absolute Gasteiger partial charge is 0.316 e. The smallest absolute Gasteiger partial charge is 0.296 e. The van der Waals surface area contributed by atoms with Gasteiger partial charge in [0.15, 0.2) is 17.3 Å². The van der Waals surface area contributed by atoms with E-state index in [-0.39, 0.29) is 0 Å². The molecule has 0 spiro atoms. The van der Waals surface area contributed by atoms with E-state index in [2.05, 4.69) is 10.6 Å². The Morgan fingerprint density at radius 2 is 2.14 bits per heavy atom. The molecule has 1 amide bonds. The van der Waals surface area contributed by atoms with Crippen LogP contribution in [0.25, 0.3) is 0 Å². The number of nitro benzene ring substituents is 1. The maximum absolute atomic E-state index is 13.8. The van der Waals surface area contributed by atoms with E-state index in [1.54, 1.807) is 6.92 Å². The Balaban J connectivity index is 2.32. The van der Waals surface area contributed by atoms with E-state index < -0.39 is 39.4 Å². The number of benzene rings is 1. The zero-order chi connectivity index (χ0) is 15.6. The van der Waals surface area contributed by atoms with Crippen LogP contribution in [0.3, 0.4) is 0 Å². The number of anilines is 1. The van der Waals surface area contributed by atoms with E-state index in [9.17, 15) is 23.7 Å². The second-order valence-electron chi connectivity index (χ2n) is 5.18. The van der Waals surface area contributed by atoms with Crippen molar-refractivity contribution < 1.29 is 18.5 Å². The number of carbonyl (C=O) groups excluding carboxylic acids is 1. The van der Waals surface area contributed by atoms with Gasteiger partial charge in [0.05, 0.1) is 10.5 Å². The summed E-state index contributed by atoms with van der Waals surface area (Å²) in [5, 5.41) is 16.0. The molecule has 8 heteroatoms. The van der Waals surface area contributed by atoms with Gasteiger partial charge in [0.2, 0.25) is 5.91 Å². The molecular formula is C13H15F2N3O3. The van der Waals surface area contributed by atoms with Crippen LogP contribution in [0.4, 0.5) is 20.2 Å². The van der Waals surface area contributed by atoms with E-state index in [0.717, 1.165) is 18.9 Å². The molecule has 1 unspecified atom stereocenters. The summed E-state index contributed by atoms with van der Waals surface area (Å²) in [5.74, 6) is -3.30. The fourth-order valence-electron chi connectivity index (χ4n) is 2.31. The summed E-state index contributed by atoms with van der Waals surface area (Å²) in [6.07, 6.45) is 2.24. The predicted octanol–water partition coefficient (Wildman–Crippen LogP) is 2.34. The molecule has 21 heavy (non-hydrogen) atoms. The van der Waals surface area contributed by atoms with Crippen molar-refractivity contribution in [2.45, 2.75) is 31.7 Å². The quantitative estimate of drug-likeness (QED) is 0.663. The Hall–Kier alpha value is -2.09. The lowest BCUT2D eigenvalue weighted by molar-refractivity contribution is -0.384. The van der Waals surface area contributed by atoms with Gasteiger partial charge in [0, 0.05) is 6.07 Å². The lowest BCUT2D eigenvalue weighted by Gasteiger charge is -2.33. The third-order valence-corrected chi connectivity index (χ3v) is 3.63. The number of amides is 1. The molecule has 2 rings (SSSR count). The van der Waals surface area contributed by atoms with Crippen LogP contribution in [0.2, 0.25) is 0 Å². The van der Waals surface area contributed by atoms with Crippen LogP contribution in [0, 0.1) is 21.7 Å². The van der Waals surface area contributed by atoms with E-state index in [1.807, 2.05) is 0 Å². The van der Waals surface area contributed by atoms with Crippen molar-refractivity contribution in [1.29, 1.82) is 0 Å². The van der Waals surface area contributed by atoms with Gasteiger partial charge in [-0.25, -0.2) is 8.78 Å². The van der Waals surface area contributed by atoms with Crippen LogP contribution in [-0.4, -0.2) is 22.9 Å². The average molecular weight is 299 g/mol. The van der Waals surface area contributed by atoms with Crippen LogP contribution in [0.5, 0.6) is 0 Å². The fraction of sp³-hybridized carbons (Fsp3) is 0.462. The summed E-state index contributed by atoms with van der Waals surface area (Å²) in [4.78, 5) is 22.2. The summed E-state index contributed by atoms with van der Waals surface area (Å²) in [7, 11) is 0. The first-order valence-corrected chi connectivity index (χ1v) is 6.54. The number of nitrogens with zero attached hydrogens (tertiary/aromatic N) is 1. The summed E-state index contributed by atoms with van der Waals surface area (Å²) < 4.78 is 27.0. The molecule has 1 heterocycles. The second kappa shape index (κ2) is 5.72. The Labute approximate surface area is 119 Å². The first-order valence-electron chi connectivity index (χ1n) is 6.54. The highest BCUT2D eigenvalue weighted by atomic mass is 19.2. The van der Waals surface area contributed by atoms with Gasteiger partial charge in [0.25, 0.3) is 5.69 Å². The van der Waals surface area contributed by atoms with Crippen LogP contribution in [-0.2, 0) is 4.79 Å². The van der Waals surface area contributed by atoms with Crippen molar-refractivity contribution in [1.82, 2.24) is 5.32 Å². The molecule has 1 aliphatic heterocycles. The molecule has 0 bridgehead atoms. The lowest BCUT2D eigenvalue weighted by atomic mass is 9.90. The van der Waals surface area contributed by atoms with Gasteiger partial charge in [-0.1, -0.05) is 0 Å². The van der Waals surface area contributed by atoms with Crippen molar-refractivity contribution in [2.75, 3.05) is 11.9 Å². The molecule has 1 aromatic rings. The topological polar surface area (TPSA) is 84.3 Å². The van der Waals surface area contributed by atoms with Crippen LogP contribution in [0.1, 0.15) is 26.2 Å².